The molecule has 1 unspecified atom stereocenters. The van der Waals surface area contributed by atoms with Crippen molar-refractivity contribution in [2.24, 2.45) is 5.92 Å². The molecule has 1 aromatic carbocycles. The first-order valence-corrected chi connectivity index (χ1v) is 8.49. The van der Waals surface area contributed by atoms with Gasteiger partial charge < -0.3 is 14.0 Å². The van der Waals surface area contributed by atoms with Gasteiger partial charge in [0.1, 0.15) is 17.1 Å². The van der Waals surface area contributed by atoms with Crippen LogP contribution in [-0.4, -0.2) is 32.6 Å². The minimum atomic E-state index is -2.94. The van der Waals surface area contributed by atoms with Gasteiger partial charge in [0, 0.05) is 6.16 Å². The number of carbonyl (C=O) groups is 1. The SMILES string of the molecule is COc1cccc(OC)c1C(=O)P(C)(=O)CC(C)C. The number of benzene rings is 1. The summed E-state index contributed by atoms with van der Waals surface area (Å²) in [4.78, 5) is 12.5. The molecule has 0 saturated carbocycles. The normalized spacial score (nSPS) is 14.0. The molecule has 0 heterocycles. The van der Waals surface area contributed by atoms with E-state index in [0.717, 1.165) is 0 Å². The fraction of sp³-hybridized carbons (Fsp3) is 0.500. The van der Waals surface area contributed by atoms with E-state index in [-0.39, 0.29) is 17.0 Å². The third kappa shape index (κ3) is 3.60. The first kappa shape index (κ1) is 15.8. The summed E-state index contributed by atoms with van der Waals surface area (Å²) in [6.45, 7) is 5.42. The molecular weight excluding hydrogens is 263 g/mol. The molecule has 0 spiro atoms. The highest BCUT2D eigenvalue weighted by Gasteiger charge is 2.32. The number of hydrogen-bond acceptors (Lipinski definition) is 4. The van der Waals surface area contributed by atoms with Crippen molar-refractivity contribution in [2.45, 2.75) is 13.8 Å². The minimum Gasteiger partial charge on any atom is -0.496 e. The fourth-order valence-electron chi connectivity index (χ4n) is 2.08. The van der Waals surface area contributed by atoms with Crippen LogP contribution >= 0.6 is 7.14 Å². The average Bonchev–Trinajstić information content (AvgIpc) is 2.35. The van der Waals surface area contributed by atoms with Crippen molar-refractivity contribution in [1.82, 2.24) is 0 Å². The van der Waals surface area contributed by atoms with Gasteiger partial charge >= 0.3 is 0 Å². The Bertz CT molecular complexity index is 486. The molecule has 1 aromatic rings. The summed E-state index contributed by atoms with van der Waals surface area (Å²) < 4.78 is 23.0. The maximum Gasteiger partial charge on any atom is 0.228 e. The van der Waals surface area contributed by atoms with Gasteiger partial charge in [0.05, 0.1) is 14.2 Å². The molecule has 5 heteroatoms. The predicted molar refractivity (Wildman–Crippen MR) is 77.1 cm³/mol. The fourth-order valence-corrected chi connectivity index (χ4v) is 4.33. The zero-order chi connectivity index (χ0) is 14.6. The molecule has 0 aliphatic carbocycles. The van der Waals surface area contributed by atoms with Crippen LogP contribution in [0.15, 0.2) is 18.2 Å². The standard InChI is InChI=1S/C14H21O4P/c1-10(2)9-19(5,16)14(15)13-11(17-3)7-6-8-12(13)18-4/h6-8,10H,9H2,1-5H3. The van der Waals surface area contributed by atoms with Gasteiger partial charge in [-0.1, -0.05) is 19.9 Å². The first-order valence-electron chi connectivity index (χ1n) is 6.16. The Morgan fingerprint density at radius 2 is 1.68 bits per heavy atom. The van der Waals surface area contributed by atoms with Crippen LogP contribution in [-0.2, 0) is 4.57 Å². The van der Waals surface area contributed by atoms with E-state index in [1.807, 2.05) is 13.8 Å². The summed E-state index contributed by atoms with van der Waals surface area (Å²) in [7, 11) is 0.0207. The van der Waals surface area contributed by atoms with Crippen LogP contribution in [0, 0.1) is 5.92 Å². The molecule has 0 aliphatic heterocycles. The highest BCUT2D eigenvalue weighted by atomic mass is 31.2. The number of carbonyl (C=O) groups excluding carboxylic acids is 1. The number of hydrogen-bond donors (Lipinski definition) is 0. The molecule has 0 aliphatic rings. The second-order valence-corrected chi connectivity index (χ2v) is 7.99. The smallest absolute Gasteiger partial charge is 0.228 e. The molecule has 0 bridgehead atoms. The van der Waals surface area contributed by atoms with Gasteiger partial charge in [-0.2, -0.15) is 0 Å². The van der Waals surface area contributed by atoms with Gasteiger partial charge in [-0.05, 0) is 24.7 Å². The molecule has 0 amide bonds. The lowest BCUT2D eigenvalue weighted by molar-refractivity contribution is 0.106. The van der Waals surface area contributed by atoms with E-state index >= 15 is 0 Å². The Morgan fingerprint density at radius 3 is 2.05 bits per heavy atom. The second kappa shape index (κ2) is 6.25. The summed E-state index contributed by atoms with van der Waals surface area (Å²) in [5.74, 6) is 0.992. The molecule has 0 N–H and O–H groups in total. The average molecular weight is 284 g/mol. The van der Waals surface area contributed by atoms with E-state index in [0.29, 0.717) is 17.7 Å². The zero-order valence-electron chi connectivity index (χ0n) is 12.1. The molecule has 0 aromatic heterocycles. The summed E-state index contributed by atoms with van der Waals surface area (Å²) in [5.41, 5.74) is -0.102. The van der Waals surface area contributed by atoms with Crippen molar-refractivity contribution < 1.29 is 18.8 Å². The van der Waals surface area contributed by atoms with Gasteiger partial charge in [0.25, 0.3) is 0 Å². The molecule has 1 rings (SSSR count). The van der Waals surface area contributed by atoms with Crippen LogP contribution < -0.4 is 9.47 Å². The topological polar surface area (TPSA) is 52.6 Å². The molecule has 0 fully saturated rings. The maximum absolute atomic E-state index is 12.6. The van der Waals surface area contributed by atoms with Gasteiger partial charge in [-0.25, -0.2) is 0 Å². The lowest BCUT2D eigenvalue weighted by Gasteiger charge is -2.17. The number of methoxy groups -OCH3 is 2. The maximum atomic E-state index is 12.6. The molecular formula is C14H21O4P. The van der Waals surface area contributed by atoms with Crippen molar-refractivity contribution >= 4 is 12.7 Å². The van der Waals surface area contributed by atoms with Crippen molar-refractivity contribution in [3.8, 4) is 11.5 Å². The van der Waals surface area contributed by atoms with Crippen molar-refractivity contribution in [3.63, 3.8) is 0 Å². The van der Waals surface area contributed by atoms with Crippen LogP contribution in [0.4, 0.5) is 0 Å². The van der Waals surface area contributed by atoms with Gasteiger partial charge in [-0.3, -0.25) is 4.79 Å². The van der Waals surface area contributed by atoms with E-state index in [4.69, 9.17) is 9.47 Å². The zero-order valence-corrected chi connectivity index (χ0v) is 13.0. The highest BCUT2D eigenvalue weighted by molar-refractivity contribution is 7.80. The third-order valence-corrected chi connectivity index (χ3v) is 5.29. The van der Waals surface area contributed by atoms with Gasteiger partial charge in [0.15, 0.2) is 7.14 Å². The predicted octanol–water partition coefficient (Wildman–Crippen LogP) is 3.49. The Hall–Kier alpha value is -1.28. The minimum absolute atomic E-state index is 0.195. The van der Waals surface area contributed by atoms with E-state index in [1.54, 1.807) is 18.2 Å². The first-order chi connectivity index (χ1) is 8.83. The van der Waals surface area contributed by atoms with Crippen molar-refractivity contribution in [1.29, 1.82) is 0 Å². The molecule has 106 valence electrons. The van der Waals surface area contributed by atoms with Gasteiger partial charge in [-0.15, -0.1) is 0 Å². The monoisotopic (exact) mass is 284 g/mol. The summed E-state index contributed by atoms with van der Waals surface area (Å²) >= 11 is 0. The number of ether oxygens (including phenoxy) is 2. The molecule has 0 radical (unpaired) electrons. The van der Waals surface area contributed by atoms with Crippen LogP contribution in [0.2, 0.25) is 0 Å². The van der Waals surface area contributed by atoms with Crippen molar-refractivity contribution in [2.75, 3.05) is 27.0 Å². The summed E-state index contributed by atoms with van der Waals surface area (Å²) in [6, 6.07) is 5.08. The lowest BCUT2D eigenvalue weighted by Crippen LogP contribution is -2.10. The summed E-state index contributed by atoms with van der Waals surface area (Å²) in [5, 5.41) is 0. The quantitative estimate of drug-likeness (QED) is 0.750. The van der Waals surface area contributed by atoms with E-state index < -0.39 is 7.14 Å². The number of rotatable bonds is 6. The summed E-state index contributed by atoms with van der Waals surface area (Å²) in [6.07, 6.45) is 0.382. The van der Waals surface area contributed by atoms with Crippen LogP contribution in [0.1, 0.15) is 24.2 Å². The van der Waals surface area contributed by atoms with E-state index in [9.17, 15) is 9.36 Å². The van der Waals surface area contributed by atoms with Crippen LogP contribution in [0.25, 0.3) is 0 Å². The van der Waals surface area contributed by atoms with Crippen LogP contribution in [0.3, 0.4) is 0 Å². The molecule has 1 atom stereocenters. The molecule has 19 heavy (non-hydrogen) atoms. The second-order valence-electron chi connectivity index (χ2n) is 5.02. The van der Waals surface area contributed by atoms with E-state index in [2.05, 4.69) is 0 Å². The molecule has 4 nitrogen and oxygen atoms in total. The lowest BCUT2D eigenvalue weighted by atomic mass is 10.2. The highest BCUT2D eigenvalue weighted by Crippen LogP contribution is 2.49. The Kier molecular flexibility index (Phi) is 5.19. The van der Waals surface area contributed by atoms with E-state index in [1.165, 1.54) is 20.9 Å². The largest absolute Gasteiger partial charge is 0.496 e. The Balaban J connectivity index is 3.29. The Morgan fingerprint density at radius 1 is 1.21 bits per heavy atom. The Labute approximate surface area is 114 Å². The van der Waals surface area contributed by atoms with Gasteiger partial charge in [0.2, 0.25) is 5.52 Å². The third-order valence-electron chi connectivity index (χ3n) is 2.78. The van der Waals surface area contributed by atoms with Crippen molar-refractivity contribution in [3.05, 3.63) is 23.8 Å². The van der Waals surface area contributed by atoms with Crippen LogP contribution in [0.5, 0.6) is 11.5 Å². The molecule has 0 saturated heterocycles.